The second-order valence-electron chi connectivity index (χ2n) is 5.72. The van der Waals surface area contributed by atoms with Crippen molar-refractivity contribution in [3.8, 4) is 0 Å². The zero-order valence-corrected chi connectivity index (χ0v) is 13.8. The van der Waals surface area contributed by atoms with Crippen LogP contribution in [0.2, 0.25) is 0 Å². The highest BCUT2D eigenvalue weighted by Gasteiger charge is 2.30. The summed E-state index contributed by atoms with van der Waals surface area (Å²) in [5.74, 6) is 0.692. The van der Waals surface area contributed by atoms with Gasteiger partial charge in [0.2, 0.25) is 0 Å². The average Bonchev–Trinajstić information content (AvgIpc) is 2.46. The molecule has 6 heteroatoms. The number of hydrogen-bond acceptors (Lipinski definition) is 4. The topological polar surface area (TPSA) is 72.1 Å². The first-order chi connectivity index (χ1) is 9.56. The molecule has 1 aliphatic heterocycles. The molecule has 1 aromatic heterocycles. The van der Waals surface area contributed by atoms with Gasteiger partial charge in [0.05, 0.1) is 17.0 Å². The molecule has 0 aromatic carbocycles. The SMILES string of the molecule is CCc1nnc(C)cc1C(=O)N1CCC(C)CC1CN.Cl. The van der Waals surface area contributed by atoms with E-state index in [-0.39, 0.29) is 24.4 Å². The normalized spacial score (nSPS) is 21.8. The highest BCUT2D eigenvalue weighted by atomic mass is 35.5. The zero-order chi connectivity index (χ0) is 14.7. The van der Waals surface area contributed by atoms with Crippen LogP contribution in [-0.2, 0) is 6.42 Å². The molecule has 2 heterocycles. The van der Waals surface area contributed by atoms with Crippen molar-refractivity contribution >= 4 is 18.3 Å². The van der Waals surface area contributed by atoms with Crippen molar-refractivity contribution in [3.63, 3.8) is 0 Å². The molecule has 0 aliphatic carbocycles. The summed E-state index contributed by atoms with van der Waals surface area (Å²) in [5.41, 5.74) is 8.09. The van der Waals surface area contributed by atoms with Crippen LogP contribution in [0.4, 0.5) is 0 Å². The van der Waals surface area contributed by atoms with Crippen LogP contribution in [0.1, 0.15) is 48.4 Å². The Balaban J connectivity index is 0.00000220. The summed E-state index contributed by atoms with van der Waals surface area (Å²) in [5, 5.41) is 8.19. The lowest BCUT2D eigenvalue weighted by Gasteiger charge is -2.38. The summed E-state index contributed by atoms with van der Waals surface area (Å²) in [6.45, 7) is 7.39. The molecule has 1 saturated heterocycles. The van der Waals surface area contributed by atoms with Gasteiger partial charge in [-0.25, -0.2) is 0 Å². The first kappa shape index (κ1) is 17.9. The van der Waals surface area contributed by atoms with Crippen LogP contribution in [0.15, 0.2) is 6.07 Å². The number of halogens is 1. The van der Waals surface area contributed by atoms with Crippen LogP contribution in [0.5, 0.6) is 0 Å². The molecule has 2 unspecified atom stereocenters. The van der Waals surface area contributed by atoms with Crippen LogP contribution in [0.25, 0.3) is 0 Å². The number of nitrogens with two attached hydrogens (primary N) is 1. The molecule has 0 saturated carbocycles. The van der Waals surface area contributed by atoms with Crippen molar-refractivity contribution in [2.24, 2.45) is 11.7 Å². The monoisotopic (exact) mass is 312 g/mol. The highest BCUT2D eigenvalue weighted by Crippen LogP contribution is 2.24. The van der Waals surface area contributed by atoms with Crippen LogP contribution in [-0.4, -0.2) is 40.1 Å². The third-order valence-corrected chi connectivity index (χ3v) is 4.07. The second-order valence-corrected chi connectivity index (χ2v) is 5.72. The number of rotatable bonds is 3. The lowest BCUT2D eigenvalue weighted by Crippen LogP contribution is -2.49. The van der Waals surface area contributed by atoms with Crippen molar-refractivity contribution in [3.05, 3.63) is 23.0 Å². The van der Waals surface area contributed by atoms with E-state index < -0.39 is 0 Å². The molecule has 0 bridgehead atoms. The number of carbonyl (C=O) groups excluding carboxylic acids is 1. The van der Waals surface area contributed by atoms with Gasteiger partial charge in [0.15, 0.2) is 0 Å². The molecular weight excluding hydrogens is 288 g/mol. The van der Waals surface area contributed by atoms with Crippen molar-refractivity contribution < 1.29 is 4.79 Å². The van der Waals surface area contributed by atoms with E-state index in [2.05, 4.69) is 17.1 Å². The van der Waals surface area contributed by atoms with Gasteiger partial charge in [-0.1, -0.05) is 13.8 Å². The summed E-state index contributed by atoms with van der Waals surface area (Å²) >= 11 is 0. The summed E-state index contributed by atoms with van der Waals surface area (Å²) in [6, 6.07) is 1.99. The number of nitrogens with zero attached hydrogens (tertiary/aromatic N) is 3. The Bertz CT molecular complexity index is 495. The maximum Gasteiger partial charge on any atom is 0.256 e. The summed E-state index contributed by atoms with van der Waals surface area (Å²) < 4.78 is 0. The Labute approximate surface area is 132 Å². The van der Waals surface area contributed by atoms with Crippen molar-refractivity contribution in [1.29, 1.82) is 0 Å². The fourth-order valence-corrected chi connectivity index (χ4v) is 2.86. The first-order valence-electron chi connectivity index (χ1n) is 7.41. The Morgan fingerprint density at radius 1 is 1.48 bits per heavy atom. The maximum atomic E-state index is 12.8. The smallest absolute Gasteiger partial charge is 0.256 e. The molecule has 1 amide bonds. The molecule has 1 fully saturated rings. The molecule has 21 heavy (non-hydrogen) atoms. The second kappa shape index (κ2) is 7.71. The predicted molar refractivity (Wildman–Crippen MR) is 85.7 cm³/mol. The van der Waals surface area contributed by atoms with Gasteiger partial charge in [-0.2, -0.15) is 10.2 Å². The van der Waals surface area contributed by atoms with Gasteiger partial charge in [0.25, 0.3) is 5.91 Å². The van der Waals surface area contributed by atoms with E-state index in [1.54, 1.807) is 0 Å². The fourth-order valence-electron chi connectivity index (χ4n) is 2.86. The summed E-state index contributed by atoms with van der Waals surface area (Å²) in [4.78, 5) is 14.7. The van der Waals surface area contributed by atoms with Gasteiger partial charge in [-0.05, 0) is 38.2 Å². The summed E-state index contributed by atoms with van der Waals surface area (Å²) in [6.07, 6.45) is 2.74. The number of amides is 1. The van der Waals surface area contributed by atoms with Gasteiger partial charge >= 0.3 is 0 Å². The van der Waals surface area contributed by atoms with Gasteiger partial charge in [0, 0.05) is 19.1 Å². The minimum Gasteiger partial charge on any atom is -0.334 e. The third-order valence-electron chi connectivity index (χ3n) is 4.07. The highest BCUT2D eigenvalue weighted by molar-refractivity contribution is 5.95. The molecule has 5 nitrogen and oxygen atoms in total. The third kappa shape index (κ3) is 3.92. The van der Waals surface area contributed by atoms with Gasteiger partial charge in [-0.15, -0.1) is 12.4 Å². The van der Waals surface area contributed by atoms with E-state index in [9.17, 15) is 4.79 Å². The Morgan fingerprint density at radius 2 is 2.19 bits per heavy atom. The predicted octanol–water partition coefficient (Wildman–Crippen LogP) is 1.97. The molecule has 2 atom stereocenters. The Morgan fingerprint density at radius 3 is 2.81 bits per heavy atom. The number of carbonyl (C=O) groups is 1. The number of aryl methyl sites for hydroxylation is 2. The largest absolute Gasteiger partial charge is 0.334 e. The molecule has 0 radical (unpaired) electrons. The number of likely N-dealkylation sites (tertiary alicyclic amines) is 1. The quantitative estimate of drug-likeness (QED) is 0.926. The molecule has 118 valence electrons. The lowest BCUT2D eigenvalue weighted by atomic mass is 9.91. The van der Waals surface area contributed by atoms with E-state index in [4.69, 9.17) is 5.73 Å². The molecule has 1 aliphatic rings. The maximum absolute atomic E-state index is 12.8. The van der Waals surface area contributed by atoms with Crippen LogP contribution in [0.3, 0.4) is 0 Å². The van der Waals surface area contributed by atoms with E-state index in [1.165, 1.54) is 0 Å². The van der Waals surface area contributed by atoms with E-state index in [1.807, 2.05) is 24.8 Å². The molecule has 2 N–H and O–H groups in total. The van der Waals surface area contributed by atoms with Crippen LogP contribution < -0.4 is 5.73 Å². The van der Waals surface area contributed by atoms with Gasteiger partial charge < -0.3 is 10.6 Å². The van der Waals surface area contributed by atoms with Crippen molar-refractivity contribution in [2.45, 2.75) is 46.1 Å². The average molecular weight is 313 g/mol. The molecular formula is C15H25ClN4O. The van der Waals surface area contributed by atoms with Crippen LogP contribution in [0, 0.1) is 12.8 Å². The summed E-state index contributed by atoms with van der Waals surface area (Å²) in [7, 11) is 0. The van der Waals surface area contributed by atoms with E-state index >= 15 is 0 Å². The fraction of sp³-hybridized carbons (Fsp3) is 0.667. The van der Waals surface area contributed by atoms with Gasteiger partial charge in [-0.3, -0.25) is 4.79 Å². The Kier molecular flexibility index (Phi) is 6.55. The molecule has 2 rings (SSSR count). The Hall–Kier alpha value is -1.20. The first-order valence-corrected chi connectivity index (χ1v) is 7.41. The standard InChI is InChI=1S/C15H24N4O.ClH/c1-4-14-13(8-11(3)17-18-14)15(20)19-6-5-10(2)7-12(19)9-16;/h8,10,12H,4-7,9,16H2,1-3H3;1H. The number of hydrogen-bond donors (Lipinski definition) is 1. The lowest BCUT2D eigenvalue weighted by molar-refractivity contribution is 0.0571. The number of aromatic nitrogens is 2. The minimum absolute atomic E-state index is 0. The molecule has 1 aromatic rings. The van der Waals surface area contributed by atoms with Crippen LogP contribution >= 0.6 is 12.4 Å². The van der Waals surface area contributed by atoms with E-state index in [0.29, 0.717) is 24.4 Å². The zero-order valence-electron chi connectivity index (χ0n) is 13.0. The van der Waals surface area contributed by atoms with Crippen molar-refractivity contribution in [1.82, 2.24) is 15.1 Å². The van der Waals surface area contributed by atoms with Gasteiger partial charge in [0.1, 0.15) is 0 Å². The van der Waals surface area contributed by atoms with Crippen molar-refractivity contribution in [2.75, 3.05) is 13.1 Å². The number of piperidine rings is 1. The molecule has 0 spiro atoms. The minimum atomic E-state index is 0. The van der Waals surface area contributed by atoms with E-state index in [0.717, 1.165) is 30.8 Å².